The van der Waals surface area contributed by atoms with Gasteiger partial charge in [0.15, 0.2) is 0 Å². The quantitative estimate of drug-likeness (QED) is 0.904. The number of hydrogen-bond acceptors (Lipinski definition) is 4. The first-order valence-corrected chi connectivity index (χ1v) is 8.78. The molecule has 112 valence electrons. The van der Waals surface area contributed by atoms with Gasteiger partial charge in [0.1, 0.15) is 21.6 Å². The highest BCUT2D eigenvalue weighted by Gasteiger charge is 2.15. The molecule has 0 saturated heterocycles. The third kappa shape index (κ3) is 8.00. The van der Waals surface area contributed by atoms with Crippen molar-refractivity contribution in [3.63, 3.8) is 0 Å². The molecule has 0 aromatic carbocycles. The standard InChI is InChI=1S/C9H13NO3S2.2C2H6/c1-3-13-7-5-6-14-8(7)9(11)10-15(12)4-2;2*1-2/h5-6H,3-4H2,1-2H3,(H,10,11);2*1-2H3. The van der Waals surface area contributed by atoms with E-state index in [1.165, 1.54) is 11.3 Å². The lowest BCUT2D eigenvalue weighted by Crippen LogP contribution is -2.26. The van der Waals surface area contributed by atoms with Crippen molar-refractivity contribution in [1.82, 2.24) is 4.72 Å². The van der Waals surface area contributed by atoms with E-state index in [2.05, 4.69) is 4.72 Å². The fourth-order valence-corrected chi connectivity index (χ4v) is 2.20. The minimum absolute atomic E-state index is 0.339. The summed E-state index contributed by atoms with van der Waals surface area (Å²) in [5.41, 5.74) is 0. The van der Waals surface area contributed by atoms with Crippen LogP contribution in [0.25, 0.3) is 0 Å². The summed E-state index contributed by atoms with van der Waals surface area (Å²) in [5, 5.41) is 1.77. The van der Waals surface area contributed by atoms with E-state index in [4.69, 9.17) is 4.74 Å². The van der Waals surface area contributed by atoms with E-state index in [1.54, 1.807) is 18.4 Å². The maximum atomic E-state index is 11.6. The van der Waals surface area contributed by atoms with Crippen molar-refractivity contribution in [3.05, 3.63) is 16.3 Å². The highest BCUT2D eigenvalue weighted by Crippen LogP contribution is 2.24. The molecule has 0 bridgehead atoms. The number of amides is 1. The molecule has 19 heavy (non-hydrogen) atoms. The highest BCUT2D eigenvalue weighted by molar-refractivity contribution is 7.83. The van der Waals surface area contributed by atoms with E-state index in [0.29, 0.717) is 23.0 Å². The van der Waals surface area contributed by atoms with Gasteiger partial charge in [-0.25, -0.2) is 4.21 Å². The Hall–Kier alpha value is -0.880. The molecule has 0 fully saturated rings. The van der Waals surface area contributed by atoms with Gasteiger partial charge in [0.2, 0.25) is 0 Å². The lowest BCUT2D eigenvalue weighted by Gasteiger charge is -2.04. The Labute approximate surface area is 123 Å². The lowest BCUT2D eigenvalue weighted by molar-refractivity contribution is 0.0983. The van der Waals surface area contributed by atoms with Crippen molar-refractivity contribution in [3.8, 4) is 5.75 Å². The molecule has 0 spiro atoms. The number of ether oxygens (including phenoxy) is 1. The van der Waals surface area contributed by atoms with E-state index < -0.39 is 11.0 Å². The first kappa shape index (κ1) is 20.4. The SMILES string of the molecule is CC.CC.CCOc1ccsc1C(=O)NS(=O)CC. The third-order valence-electron chi connectivity index (χ3n) is 1.60. The maximum Gasteiger partial charge on any atom is 0.276 e. The normalized spacial score (nSPS) is 10.2. The van der Waals surface area contributed by atoms with E-state index >= 15 is 0 Å². The van der Waals surface area contributed by atoms with Gasteiger partial charge >= 0.3 is 0 Å². The van der Waals surface area contributed by atoms with Crippen molar-refractivity contribution in [1.29, 1.82) is 0 Å². The largest absolute Gasteiger partial charge is 0.492 e. The molecule has 1 amide bonds. The second-order valence-corrected chi connectivity index (χ2v) is 5.00. The predicted molar refractivity (Wildman–Crippen MR) is 84.3 cm³/mol. The zero-order chi connectivity index (χ0) is 15.3. The summed E-state index contributed by atoms with van der Waals surface area (Å²) in [7, 11) is -1.30. The zero-order valence-electron chi connectivity index (χ0n) is 12.6. The second kappa shape index (κ2) is 13.5. The molecule has 6 heteroatoms. The van der Waals surface area contributed by atoms with E-state index in [0.717, 1.165) is 0 Å². The summed E-state index contributed by atoms with van der Waals surface area (Å²) < 4.78 is 18.8. The fraction of sp³-hybridized carbons (Fsp3) is 0.615. The van der Waals surface area contributed by atoms with Gasteiger partial charge in [0.25, 0.3) is 5.91 Å². The Bertz CT molecular complexity index is 365. The van der Waals surface area contributed by atoms with Crippen molar-refractivity contribution >= 4 is 28.2 Å². The average Bonchev–Trinajstić information content (AvgIpc) is 2.92. The molecule has 4 nitrogen and oxygen atoms in total. The predicted octanol–water partition coefficient (Wildman–Crippen LogP) is 3.61. The Balaban J connectivity index is 0. The van der Waals surface area contributed by atoms with E-state index in [1.807, 2.05) is 34.6 Å². The van der Waals surface area contributed by atoms with E-state index in [9.17, 15) is 9.00 Å². The maximum absolute atomic E-state index is 11.6. The highest BCUT2D eigenvalue weighted by atomic mass is 32.2. The zero-order valence-corrected chi connectivity index (χ0v) is 14.2. The summed E-state index contributed by atoms with van der Waals surface area (Å²) in [4.78, 5) is 12.1. The van der Waals surface area contributed by atoms with Gasteiger partial charge in [-0.1, -0.05) is 34.6 Å². The Morgan fingerprint density at radius 2 is 1.89 bits per heavy atom. The van der Waals surface area contributed by atoms with Gasteiger partial charge in [-0.2, -0.15) is 0 Å². The van der Waals surface area contributed by atoms with Crippen LogP contribution >= 0.6 is 11.3 Å². The Morgan fingerprint density at radius 3 is 2.37 bits per heavy atom. The number of hydrogen-bond donors (Lipinski definition) is 1. The summed E-state index contributed by atoms with van der Waals surface area (Å²) in [6.45, 7) is 12.1. The van der Waals surface area contributed by atoms with Crippen LogP contribution < -0.4 is 9.46 Å². The monoisotopic (exact) mass is 307 g/mol. The minimum atomic E-state index is -1.30. The molecule has 0 aliphatic carbocycles. The van der Waals surface area contributed by atoms with Gasteiger partial charge in [-0.3, -0.25) is 9.52 Å². The molecular formula is C13H25NO3S2. The molecule has 0 aliphatic rings. The van der Waals surface area contributed by atoms with Crippen LogP contribution in [-0.4, -0.2) is 22.5 Å². The molecule has 1 aromatic heterocycles. The number of carbonyl (C=O) groups is 1. The molecule has 1 unspecified atom stereocenters. The van der Waals surface area contributed by atoms with Gasteiger partial charge in [-0.05, 0) is 18.4 Å². The second-order valence-electron chi connectivity index (χ2n) is 2.61. The summed E-state index contributed by atoms with van der Waals surface area (Å²) in [5.74, 6) is 0.614. The fourth-order valence-electron chi connectivity index (χ4n) is 0.954. The molecule has 0 saturated carbocycles. The molecule has 1 aromatic rings. The van der Waals surface area contributed by atoms with E-state index in [-0.39, 0.29) is 5.91 Å². The van der Waals surface area contributed by atoms with Gasteiger partial charge in [0.05, 0.1) is 6.61 Å². The molecular weight excluding hydrogens is 282 g/mol. The van der Waals surface area contributed by atoms with Gasteiger partial charge < -0.3 is 4.74 Å². The Morgan fingerprint density at radius 1 is 1.32 bits per heavy atom. The van der Waals surface area contributed by atoms with Crippen molar-refractivity contribution < 1.29 is 13.7 Å². The molecule has 1 N–H and O–H groups in total. The van der Waals surface area contributed by atoms with Crippen LogP contribution in [-0.2, 0) is 11.0 Å². The van der Waals surface area contributed by atoms with Crippen LogP contribution in [0.2, 0.25) is 0 Å². The van der Waals surface area contributed by atoms with Crippen LogP contribution in [0.4, 0.5) is 0 Å². The third-order valence-corrected chi connectivity index (χ3v) is 3.44. The van der Waals surface area contributed by atoms with Gasteiger partial charge in [0, 0.05) is 5.75 Å². The van der Waals surface area contributed by atoms with Crippen molar-refractivity contribution in [2.75, 3.05) is 12.4 Å². The summed E-state index contributed by atoms with van der Waals surface area (Å²) >= 11 is 1.28. The minimum Gasteiger partial charge on any atom is -0.492 e. The first-order valence-electron chi connectivity index (χ1n) is 6.58. The van der Waals surface area contributed by atoms with Crippen LogP contribution in [0.3, 0.4) is 0 Å². The summed E-state index contributed by atoms with van der Waals surface area (Å²) in [6.07, 6.45) is 0. The van der Waals surface area contributed by atoms with Crippen LogP contribution in [0, 0.1) is 0 Å². The van der Waals surface area contributed by atoms with Crippen LogP contribution in [0.15, 0.2) is 11.4 Å². The number of nitrogens with one attached hydrogen (secondary N) is 1. The smallest absolute Gasteiger partial charge is 0.276 e. The molecule has 1 heterocycles. The van der Waals surface area contributed by atoms with Crippen molar-refractivity contribution in [2.45, 2.75) is 41.5 Å². The van der Waals surface area contributed by atoms with Crippen LogP contribution in [0.1, 0.15) is 51.2 Å². The number of thiophene rings is 1. The van der Waals surface area contributed by atoms with Crippen LogP contribution in [0.5, 0.6) is 5.75 Å². The molecule has 1 atom stereocenters. The topological polar surface area (TPSA) is 55.4 Å². The Kier molecular flexibility index (Phi) is 14.6. The lowest BCUT2D eigenvalue weighted by atomic mass is 10.4. The first-order chi connectivity index (χ1) is 9.19. The average molecular weight is 307 g/mol. The number of carbonyl (C=O) groups excluding carboxylic acids is 1. The van der Waals surface area contributed by atoms with Gasteiger partial charge in [-0.15, -0.1) is 11.3 Å². The number of rotatable bonds is 5. The summed E-state index contributed by atoms with van der Waals surface area (Å²) in [6, 6.07) is 1.73. The molecule has 0 radical (unpaired) electrons. The van der Waals surface area contributed by atoms with Crippen molar-refractivity contribution in [2.24, 2.45) is 0 Å². The molecule has 0 aliphatic heterocycles. The molecule has 1 rings (SSSR count).